The first-order chi connectivity index (χ1) is 20.5. The van der Waals surface area contributed by atoms with Crippen molar-refractivity contribution < 1.29 is 56.3 Å². The Kier molecular flexibility index (Phi) is 8.89. The quantitative estimate of drug-likeness (QED) is 0.344. The molecule has 5 unspecified atom stereocenters. The number of Topliss-reactive ketones (excluding diaryl/α,β-unsaturated/α-hetero) is 1. The van der Waals surface area contributed by atoms with E-state index in [-0.39, 0.29) is 0 Å². The molecule has 4 heterocycles. The molecule has 0 spiro atoms. The van der Waals surface area contributed by atoms with Gasteiger partial charge >= 0.3 is 26.1 Å². The number of rotatable bonds is 2. The molecule has 19 heteroatoms. The van der Waals surface area contributed by atoms with Crippen LogP contribution >= 0.6 is 7.82 Å². The standard InChI is InChI=1S/C26H38N5O13P/c1-24(2,3)41-21(34)30-17-14(27-13-15(32)16-12(40-19(13)30)11-39-45(37,38-10)44-16)18(33)29-20(28-17)31(22(35)42-25(4,5)6)23(36)43-26(7,8)9/h12-13,16,19,27H,11H2,1-10H3,(H,28,29,33). The number of phosphoric acid groups is 1. The Hall–Kier alpha value is -3.57. The molecule has 0 saturated carbocycles. The molecular weight excluding hydrogens is 621 g/mol. The second-order valence-corrected chi connectivity index (χ2v) is 15.0. The van der Waals surface area contributed by atoms with Crippen LogP contribution in [0.1, 0.15) is 62.3 Å². The molecule has 45 heavy (non-hydrogen) atoms. The number of hydrogen-bond acceptors (Lipinski definition) is 15. The Bertz CT molecular complexity index is 1460. The summed E-state index contributed by atoms with van der Waals surface area (Å²) in [6, 6.07) is -1.45. The summed E-state index contributed by atoms with van der Waals surface area (Å²) in [6.45, 7) is 13.7. The lowest BCUT2D eigenvalue weighted by Crippen LogP contribution is -2.68. The molecule has 3 amide bonds. The van der Waals surface area contributed by atoms with E-state index >= 15 is 0 Å². The Morgan fingerprint density at radius 2 is 1.51 bits per heavy atom. The van der Waals surface area contributed by atoms with Gasteiger partial charge in [0.05, 0.1) is 6.61 Å². The molecular formula is C26H38N5O13P. The van der Waals surface area contributed by atoms with E-state index < -0.39 is 103 Å². The SMILES string of the molecule is COP1(=O)OCC2OC3C(Nc4c(nc(N(C(=O)OC(C)(C)C)C(=O)OC(C)(C)C)[nH]c4=O)N3C(=O)OC(C)(C)C)C(=O)C2O1. The Labute approximate surface area is 258 Å². The van der Waals surface area contributed by atoms with Gasteiger partial charge in [-0.2, -0.15) is 4.98 Å². The first-order valence-electron chi connectivity index (χ1n) is 13.9. The number of ether oxygens (including phenoxy) is 4. The van der Waals surface area contributed by atoms with Crippen molar-refractivity contribution in [2.75, 3.05) is 28.8 Å². The number of hydrogen-bond donors (Lipinski definition) is 2. The summed E-state index contributed by atoms with van der Waals surface area (Å²) in [5.74, 6) is -1.85. The summed E-state index contributed by atoms with van der Waals surface area (Å²) < 4.78 is 50.2. The van der Waals surface area contributed by atoms with Crippen LogP contribution in [0.5, 0.6) is 0 Å². The third-order valence-corrected chi connectivity index (χ3v) is 7.41. The summed E-state index contributed by atoms with van der Waals surface area (Å²) in [6.07, 6.45) is -7.68. The van der Waals surface area contributed by atoms with Crippen LogP contribution in [-0.4, -0.2) is 89.0 Å². The molecule has 0 bridgehead atoms. The molecule has 18 nitrogen and oxygen atoms in total. The van der Waals surface area contributed by atoms with Crippen molar-refractivity contribution in [2.45, 2.75) is 104 Å². The smallest absolute Gasteiger partial charge is 0.443 e. The fourth-order valence-electron chi connectivity index (χ4n) is 4.36. The summed E-state index contributed by atoms with van der Waals surface area (Å²) in [5, 5.41) is 2.71. The monoisotopic (exact) mass is 659 g/mol. The minimum absolute atomic E-state index is 0.367. The van der Waals surface area contributed by atoms with Gasteiger partial charge in [-0.3, -0.25) is 28.1 Å². The van der Waals surface area contributed by atoms with Gasteiger partial charge in [-0.25, -0.2) is 23.8 Å². The molecule has 250 valence electrons. The van der Waals surface area contributed by atoms with Crippen LogP contribution < -0.4 is 20.7 Å². The molecule has 3 aliphatic heterocycles. The molecule has 4 rings (SSSR count). The molecule has 2 saturated heterocycles. The highest BCUT2D eigenvalue weighted by atomic mass is 31.2. The van der Waals surface area contributed by atoms with Crippen LogP contribution in [0.2, 0.25) is 0 Å². The van der Waals surface area contributed by atoms with E-state index in [1.807, 2.05) is 0 Å². The van der Waals surface area contributed by atoms with Gasteiger partial charge in [-0.15, -0.1) is 4.90 Å². The van der Waals surface area contributed by atoms with Crippen molar-refractivity contribution >= 4 is 49.3 Å². The fraction of sp³-hybridized carbons (Fsp3) is 0.692. The number of nitrogens with one attached hydrogen (secondary N) is 2. The average Bonchev–Trinajstić information content (AvgIpc) is 2.85. The van der Waals surface area contributed by atoms with Crippen LogP contribution in [0.15, 0.2) is 4.79 Å². The average molecular weight is 660 g/mol. The number of aromatic nitrogens is 2. The largest absolute Gasteiger partial charge is 0.475 e. The lowest BCUT2D eigenvalue weighted by molar-refractivity contribution is -0.173. The third kappa shape index (κ3) is 7.47. The molecule has 0 aromatic carbocycles. The van der Waals surface area contributed by atoms with Gasteiger partial charge < -0.3 is 24.3 Å². The number of fused-ring (bicyclic) bond motifs is 3. The van der Waals surface area contributed by atoms with E-state index in [9.17, 15) is 28.5 Å². The van der Waals surface area contributed by atoms with Crippen molar-refractivity contribution in [3.05, 3.63) is 10.4 Å². The van der Waals surface area contributed by atoms with E-state index in [1.54, 1.807) is 62.3 Å². The van der Waals surface area contributed by atoms with Gasteiger partial charge in [0.15, 0.2) is 23.9 Å². The minimum Gasteiger partial charge on any atom is -0.443 e. The van der Waals surface area contributed by atoms with Gasteiger partial charge in [0, 0.05) is 7.11 Å². The normalized spacial score (nSPS) is 26.4. The molecule has 1 aromatic rings. The first-order valence-corrected chi connectivity index (χ1v) is 15.4. The van der Waals surface area contributed by atoms with Crippen LogP contribution in [0.25, 0.3) is 0 Å². The lowest BCUT2D eigenvalue weighted by Gasteiger charge is -2.48. The maximum absolute atomic E-state index is 13.7. The number of amides is 3. The molecule has 5 atom stereocenters. The summed E-state index contributed by atoms with van der Waals surface area (Å²) >= 11 is 0. The molecule has 2 N–H and O–H groups in total. The second-order valence-electron chi connectivity index (χ2n) is 13.3. The minimum atomic E-state index is -4.08. The van der Waals surface area contributed by atoms with E-state index in [0.29, 0.717) is 4.90 Å². The second kappa shape index (κ2) is 11.7. The topological polar surface area (TPSA) is 214 Å². The fourth-order valence-corrected chi connectivity index (χ4v) is 5.46. The summed E-state index contributed by atoms with van der Waals surface area (Å²) in [7, 11) is -3.00. The molecule has 1 aromatic heterocycles. The summed E-state index contributed by atoms with van der Waals surface area (Å²) in [5.41, 5.74) is -4.62. The van der Waals surface area contributed by atoms with Gasteiger partial charge in [0.2, 0.25) is 5.95 Å². The number of anilines is 3. The van der Waals surface area contributed by atoms with Crippen LogP contribution in [0, 0.1) is 0 Å². The van der Waals surface area contributed by atoms with E-state index in [0.717, 1.165) is 12.0 Å². The van der Waals surface area contributed by atoms with Gasteiger partial charge in [-0.05, 0) is 62.3 Å². The van der Waals surface area contributed by atoms with Crippen LogP contribution in [-0.2, 0) is 41.9 Å². The lowest BCUT2D eigenvalue weighted by atomic mass is 9.95. The highest BCUT2D eigenvalue weighted by Gasteiger charge is 2.57. The van der Waals surface area contributed by atoms with Crippen molar-refractivity contribution in [1.29, 1.82) is 0 Å². The molecule has 2 fully saturated rings. The van der Waals surface area contributed by atoms with Crippen molar-refractivity contribution in [3.63, 3.8) is 0 Å². The van der Waals surface area contributed by atoms with Crippen LogP contribution in [0.3, 0.4) is 0 Å². The number of imide groups is 1. The maximum Gasteiger partial charge on any atom is 0.475 e. The van der Waals surface area contributed by atoms with Gasteiger partial charge in [0.25, 0.3) is 5.56 Å². The predicted molar refractivity (Wildman–Crippen MR) is 155 cm³/mol. The first kappa shape index (κ1) is 34.3. The third-order valence-electron chi connectivity index (χ3n) is 6.01. The van der Waals surface area contributed by atoms with Gasteiger partial charge in [0.1, 0.15) is 34.6 Å². The highest BCUT2D eigenvalue weighted by Crippen LogP contribution is 2.54. The number of ketones is 1. The van der Waals surface area contributed by atoms with E-state index in [1.165, 1.54) is 0 Å². The van der Waals surface area contributed by atoms with Crippen molar-refractivity contribution in [3.8, 4) is 0 Å². The number of H-pyrrole nitrogens is 1. The van der Waals surface area contributed by atoms with Crippen molar-refractivity contribution in [1.82, 2.24) is 9.97 Å². The maximum atomic E-state index is 13.7. The number of nitrogens with zero attached hydrogens (tertiary/aromatic N) is 3. The van der Waals surface area contributed by atoms with Gasteiger partial charge in [-0.1, -0.05) is 0 Å². The number of aromatic amines is 1. The molecule has 3 aliphatic rings. The Balaban J connectivity index is 1.86. The predicted octanol–water partition coefficient (Wildman–Crippen LogP) is 3.45. The molecule has 0 aliphatic carbocycles. The zero-order valence-electron chi connectivity index (χ0n) is 26.6. The van der Waals surface area contributed by atoms with Crippen LogP contribution in [0.4, 0.5) is 31.8 Å². The van der Waals surface area contributed by atoms with E-state index in [2.05, 4.69) is 15.3 Å². The number of carbonyl (C=O) groups is 4. The number of carbonyl (C=O) groups excluding carboxylic acids is 4. The Morgan fingerprint density at radius 3 is 2.02 bits per heavy atom. The summed E-state index contributed by atoms with van der Waals surface area (Å²) in [4.78, 5) is 75.2. The van der Waals surface area contributed by atoms with Crippen molar-refractivity contribution in [2.24, 2.45) is 0 Å². The number of phosphoric ester groups is 1. The Morgan fingerprint density at radius 1 is 0.956 bits per heavy atom. The zero-order valence-corrected chi connectivity index (χ0v) is 27.5. The van der Waals surface area contributed by atoms with E-state index in [4.69, 9.17) is 32.5 Å². The molecule has 0 radical (unpaired) electrons. The zero-order chi connectivity index (χ0) is 33.9. The highest BCUT2D eigenvalue weighted by molar-refractivity contribution is 7.48.